The van der Waals surface area contributed by atoms with E-state index in [1.165, 1.54) is 6.33 Å². The Hall–Kier alpha value is -1.37. The van der Waals surface area contributed by atoms with Crippen LogP contribution in [0.2, 0.25) is 0 Å². The van der Waals surface area contributed by atoms with Gasteiger partial charge in [-0.05, 0) is 46.7 Å². The maximum absolute atomic E-state index is 5.90. The zero-order valence-corrected chi connectivity index (χ0v) is 13.3. The number of rotatable bonds is 4. The van der Waals surface area contributed by atoms with Crippen molar-refractivity contribution in [2.45, 2.75) is 19.8 Å². The van der Waals surface area contributed by atoms with Gasteiger partial charge in [-0.25, -0.2) is 9.97 Å². The molecule has 5 heteroatoms. The molecule has 1 heterocycles. The van der Waals surface area contributed by atoms with Crippen LogP contribution < -0.4 is 10.1 Å². The molecule has 0 bridgehead atoms. The first-order valence-electron chi connectivity index (χ1n) is 6.08. The number of aromatic nitrogens is 2. The molecule has 1 aromatic carbocycles. The Labute approximate surface area is 126 Å². The summed E-state index contributed by atoms with van der Waals surface area (Å²) in [5.41, 5.74) is 0.990. The Kier molecular flexibility index (Phi) is 4.57. The van der Waals surface area contributed by atoms with E-state index in [1.807, 2.05) is 31.3 Å². The quantitative estimate of drug-likeness (QED) is 0.827. The van der Waals surface area contributed by atoms with Crippen molar-refractivity contribution < 1.29 is 4.74 Å². The van der Waals surface area contributed by atoms with Crippen molar-refractivity contribution in [3.63, 3.8) is 0 Å². The molecule has 2 aromatic rings. The number of halogens is 1. The Morgan fingerprint density at radius 3 is 2.68 bits per heavy atom. The van der Waals surface area contributed by atoms with Crippen LogP contribution in [-0.2, 0) is 0 Å². The fourth-order valence-electron chi connectivity index (χ4n) is 1.82. The number of anilines is 1. The third-order valence-electron chi connectivity index (χ3n) is 2.67. The van der Waals surface area contributed by atoms with E-state index in [-0.39, 0.29) is 5.92 Å². The molecule has 0 aliphatic rings. The van der Waals surface area contributed by atoms with Crippen LogP contribution in [0.3, 0.4) is 0 Å². The molecule has 100 valence electrons. The minimum Gasteiger partial charge on any atom is -0.438 e. The summed E-state index contributed by atoms with van der Waals surface area (Å²) in [4.78, 5) is 8.49. The van der Waals surface area contributed by atoms with Crippen LogP contribution in [0.15, 0.2) is 30.6 Å². The SMILES string of the molecule is CNc1ncnc(Oc2cccc(I)c2)c1C(C)C. The Morgan fingerprint density at radius 2 is 2.05 bits per heavy atom. The molecule has 0 atom stereocenters. The summed E-state index contributed by atoms with van der Waals surface area (Å²) in [5, 5.41) is 3.08. The summed E-state index contributed by atoms with van der Waals surface area (Å²) < 4.78 is 7.03. The third kappa shape index (κ3) is 3.34. The van der Waals surface area contributed by atoms with E-state index in [0.717, 1.165) is 20.7 Å². The third-order valence-corrected chi connectivity index (χ3v) is 3.34. The van der Waals surface area contributed by atoms with E-state index < -0.39 is 0 Å². The second-order valence-electron chi connectivity index (χ2n) is 4.41. The molecule has 0 aliphatic carbocycles. The first kappa shape index (κ1) is 14.0. The van der Waals surface area contributed by atoms with Crippen LogP contribution in [0.25, 0.3) is 0 Å². The van der Waals surface area contributed by atoms with Gasteiger partial charge in [0.25, 0.3) is 0 Å². The monoisotopic (exact) mass is 369 g/mol. The summed E-state index contributed by atoms with van der Waals surface area (Å²) >= 11 is 2.26. The fourth-order valence-corrected chi connectivity index (χ4v) is 2.34. The molecule has 0 amide bonds. The average molecular weight is 369 g/mol. The predicted octanol–water partition coefficient (Wildman–Crippen LogP) is 4.04. The molecule has 2 rings (SSSR count). The van der Waals surface area contributed by atoms with Gasteiger partial charge >= 0.3 is 0 Å². The van der Waals surface area contributed by atoms with Crippen molar-refractivity contribution in [3.8, 4) is 11.6 Å². The van der Waals surface area contributed by atoms with E-state index in [0.29, 0.717) is 5.88 Å². The molecule has 0 radical (unpaired) electrons. The smallest absolute Gasteiger partial charge is 0.227 e. The number of hydrogen-bond donors (Lipinski definition) is 1. The Morgan fingerprint density at radius 1 is 1.26 bits per heavy atom. The van der Waals surface area contributed by atoms with Gasteiger partial charge in [-0.3, -0.25) is 0 Å². The van der Waals surface area contributed by atoms with Crippen molar-refractivity contribution in [2.24, 2.45) is 0 Å². The van der Waals surface area contributed by atoms with Crippen molar-refractivity contribution >= 4 is 28.4 Å². The lowest BCUT2D eigenvalue weighted by atomic mass is 10.1. The highest BCUT2D eigenvalue weighted by Gasteiger charge is 2.16. The number of hydrogen-bond acceptors (Lipinski definition) is 4. The lowest BCUT2D eigenvalue weighted by Crippen LogP contribution is -2.04. The van der Waals surface area contributed by atoms with E-state index in [9.17, 15) is 0 Å². The summed E-state index contributed by atoms with van der Waals surface area (Å²) in [6.07, 6.45) is 1.51. The molecule has 0 unspecified atom stereocenters. The number of ether oxygens (including phenoxy) is 1. The maximum Gasteiger partial charge on any atom is 0.227 e. The molecule has 1 aromatic heterocycles. The number of nitrogens with one attached hydrogen (secondary N) is 1. The lowest BCUT2D eigenvalue weighted by molar-refractivity contribution is 0.451. The number of nitrogens with zero attached hydrogens (tertiary/aromatic N) is 2. The van der Waals surface area contributed by atoms with Gasteiger partial charge in [-0.2, -0.15) is 0 Å². The standard InChI is InChI=1S/C14H16IN3O/c1-9(2)12-13(16-3)17-8-18-14(12)19-11-6-4-5-10(15)7-11/h4-9H,1-3H3,(H,16,17,18). The van der Waals surface area contributed by atoms with Gasteiger partial charge in [0.1, 0.15) is 17.9 Å². The number of benzene rings is 1. The molecule has 0 fully saturated rings. The molecule has 0 saturated heterocycles. The summed E-state index contributed by atoms with van der Waals surface area (Å²) in [5.74, 6) is 2.48. The van der Waals surface area contributed by atoms with Crippen molar-refractivity contribution in [1.29, 1.82) is 0 Å². The minimum atomic E-state index is 0.279. The van der Waals surface area contributed by atoms with Crippen LogP contribution in [0.1, 0.15) is 25.3 Å². The van der Waals surface area contributed by atoms with Gasteiger partial charge < -0.3 is 10.1 Å². The Balaban J connectivity index is 2.39. The first-order valence-corrected chi connectivity index (χ1v) is 7.15. The second-order valence-corrected chi connectivity index (χ2v) is 5.65. The predicted molar refractivity (Wildman–Crippen MR) is 84.9 cm³/mol. The van der Waals surface area contributed by atoms with Gasteiger partial charge in [0.05, 0.1) is 5.56 Å². The normalized spacial score (nSPS) is 10.6. The molecule has 4 nitrogen and oxygen atoms in total. The van der Waals surface area contributed by atoms with Crippen molar-refractivity contribution in [2.75, 3.05) is 12.4 Å². The minimum absolute atomic E-state index is 0.279. The highest BCUT2D eigenvalue weighted by atomic mass is 127. The lowest BCUT2D eigenvalue weighted by Gasteiger charge is -2.15. The van der Waals surface area contributed by atoms with E-state index >= 15 is 0 Å². The molecule has 0 aliphatic heterocycles. The van der Waals surface area contributed by atoms with Crippen LogP contribution in [-0.4, -0.2) is 17.0 Å². The van der Waals surface area contributed by atoms with Crippen molar-refractivity contribution in [3.05, 3.63) is 39.7 Å². The molecule has 0 spiro atoms. The van der Waals surface area contributed by atoms with Gasteiger partial charge in [-0.15, -0.1) is 0 Å². The van der Waals surface area contributed by atoms with Crippen LogP contribution in [0.4, 0.5) is 5.82 Å². The Bertz CT molecular complexity index is 572. The average Bonchev–Trinajstić information content (AvgIpc) is 2.38. The summed E-state index contributed by atoms with van der Waals surface area (Å²) in [7, 11) is 1.85. The summed E-state index contributed by atoms with van der Waals surface area (Å²) in [6, 6.07) is 7.89. The second kappa shape index (κ2) is 6.18. The van der Waals surface area contributed by atoms with Crippen LogP contribution in [0, 0.1) is 3.57 Å². The molecule has 19 heavy (non-hydrogen) atoms. The largest absolute Gasteiger partial charge is 0.438 e. The van der Waals surface area contributed by atoms with E-state index in [1.54, 1.807) is 0 Å². The van der Waals surface area contributed by atoms with Gasteiger partial charge in [0.15, 0.2) is 0 Å². The molecular weight excluding hydrogens is 353 g/mol. The summed E-state index contributed by atoms with van der Waals surface area (Å²) in [6.45, 7) is 4.20. The van der Waals surface area contributed by atoms with E-state index in [4.69, 9.17) is 4.74 Å². The highest BCUT2D eigenvalue weighted by Crippen LogP contribution is 2.32. The zero-order valence-electron chi connectivity index (χ0n) is 11.1. The first-order chi connectivity index (χ1) is 9.11. The molecule has 1 N–H and O–H groups in total. The fraction of sp³-hybridized carbons (Fsp3) is 0.286. The van der Waals surface area contributed by atoms with Crippen molar-refractivity contribution in [1.82, 2.24) is 9.97 Å². The molecule has 0 saturated carbocycles. The van der Waals surface area contributed by atoms with Crippen LogP contribution >= 0.6 is 22.6 Å². The zero-order chi connectivity index (χ0) is 13.8. The van der Waals surface area contributed by atoms with Gasteiger partial charge in [0.2, 0.25) is 5.88 Å². The topological polar surface area (TPSA) is 47.0 Å². The van der Waals surface area contributed by atoms with Gasteiger partial charge in [-0.1, -0.05) is 19.9 Å². The molecular formula is C14H16IN3O. The van der Waals surface area contributed by atoms with Gasteiger partial charge in [0, 0.05) is 10.6 Å². The van der Waals surface area contributed by atoms with Crippen LogP contribution in [0.5, 0.6) is 11.6 Å². The highest BCUT2D eigenvalue weighted by molar-refractivity contribution is 14.1. The van der Waals surface area contributed by atoms with E-state index in [2.05, 4.69) is 51.7 Å². The maximum atomic E-state index is 5.90.